The first-order valence-electron chi connectivity index (χ1n) is 11.9. The monoisotopic (exact) mass is 600 g/mol. The molecule has 0 spiro atoms. The molecular weight excluding hydrogens is 577 g/mol. The van der Waals surface area contributed by atoms with Crippen LogP contribution in [-0.4, -0.2) is 31.3 Å². The number of aromatic nitrogens is 3. The molecule has 0 saturated heterocycles. The number of carboxylic acid groups (broad SMARTS) is 1. The summed E-state index contributed by atoms with van der Waals surface area (Å²) in [7, 11) is -2.09. The smallest absolute Gasteiger partial charge is 0.433 e. The van der Waals surface area contributed by atoms with Gasteiger partial charge < -0.3 is 10.6 Å². The number of halogens is 3. The number of carboxylic acids is 1. The summed E-state index contributed by atoms with van der Waals surface area (Å²) in [6.45, 7) is 1.96. The molecule has 8 nitrogen and oxygen atoms in total. The number of benzene rings is 3. The van der Waals surface area contributed by atoms with Crippen LogP contribution in [0.4, 0.5) is 13.2 Å². The molecule has 1 unspecified atom stereocenters. The van der Waals surface area contributed by atoms with Crippen molar-refractivity contribution in [3.63, 3.8) is 0 Å². The second kappa shape index (κ2) is 11.7. The molecule has 0 saturated carbocycles. The predicted octanol–water partition coefficient (Wildman–Crippen LogP) is 6.03. The zero-order valence-corrected chi connectivity index (χ0v) is 23.0. The van der Waals surface area contributed by atoms with Gasteiger partial charge in [-0.15, -0.1) is 16.5 Å². The lowest BCUT2D eigenvalue weighted by Gasteiger charge is -2.12. The highest BCUT2D eigenvalue weighted by Crippen LogP contribution is 2.40. The van der Waals surface area contributed by atoms with Gasteiger partial charge >= 0.3 is 12.1 Å². The number of hydrogen-bond donors (Lipinski definition) is 2. The van der Waals surface area contributed by atoms with Crippen LogP contribution < -0.4 is 5.14 Å². The normalized spacial score (nSPS) is 12.1. The molecule has 41 heavy (non-hydrogen) atoms. The van der Waals surface area contributed by atoms with Gasteiger partial charge in [0.15, 0.2) is 27.3 Å². The van der Waals surface area contributed by atoms with E-state index < -0.39 is 28.8 Å². The quantitative estimate of drug-likeness (QED) is 0.173. The molecule has 0 radical (unpaired) electrons. The molecule has 5 rings (SSSR count). The summed E-state index contributed by atoms with van der Waals surface area (Å²) in [5.41, 5.74) is 2.29. The first-order valence-corrected chi connectivity index (χ1v) is 14.1. The molecule has 13 heteroatoms. The van der Waals surface area contributed by atoms with Gasteiger partial charge in [0.2, 0.25) is 5.13 Å². The minimum Gasteiger partial charge on any atom is -0.870 e. The summed E-state index contributed by atoms with van der Waals surface area (Å²) in [5, 5.41) is 20.1. The molecule has 0 aliphatic rings. The maximum Gasteiger partial charge on any atom is 0.433 e. The van der Waals surface area contributed by atoms with Crippen molar-refractivity contribution >= 4 is 28.3 Å². The van der Waals surface area contributed by atoms with E-state index in [1.54, 1.807) is 30.3 Å². The number of nitrogens with two attached hydrogens (primary N) is 1. The molecule has 0 bridgehead atoms. The van der Waals surface area contributed by atoms with Crippen LogP contribution in [0.2, 0.25) is 0 Å². The largest absolute Gasteiger partial charge is 0.870 e. The zero-order valence-electron chi connectivity index (χ0n) is 21.3. The third-order valence-electron chi connectivity index (χ3n) is 6.24. The molecule has 212 valence electrons. The van der Waals surface area contributed by atoms with Crippen LogP contribution in [-0.2, 0) is 27.8 Å². The van der Waals surface area contributed by atoms with Crippen molar-refractivity contribution in [1.82, 2.24) is 14.8 Å². The van der Waals surface area contributed by atoms with Crippen LogP contribution in [0.15, 0.2) is 83.1 Å². The number of hydrogen-bond acceptors (Lipinski definition) is 6. The Morgan fingerprint density at radius 2 is 1.68 bits per heavy atom. The van der Waals surface area contributed by atoms with Gasteiger partial charge in [0.05, 0.1) is 5.69 Å². The number of thiazole rings is 1. The standard InChI is InChI=1S/C28H21F3N4O3S2.H2O/c1-16-5-9-18(10-6-16)19-3-2-4-20(14-19)24-22(13-17-7-11-21(12-8-17)40(32)38)25(28(29,30)31)35(34-24)27-33-23(15-39-27)26(36)37;/h2-12,14-15H,13H2,1H3,(H2,32,38)(H,36,37);1H2. The van der Waals surface area contributed by atoms with Crippen molar-refractivity contribution in [1.29, 1.82) is 0 Å². The Morgan fingerprint density at radius 3 is 2.27 bits per heavy atom. The van der Waals surface area contributed by atoms with Gasteiger partial charge in [-0.05, 0) is 41.8 Å². The summed E-state index contributed by atoms with van der Waals surface area (Å²) in [6, 6.07) is 21.0. The second-order valence-corrected chi connectivity index (χ2v) is 11.0. The van der Waals surface area contributed by atoms with E-state index in [4.69, 9.17) is 5.14 Å². The summed E-state index contributed by atoms with van der Waals surface area (Å²) >= 11 is 0.753. The van der Waals surface area contributed by atoms with Crippen LogP contribution in [0.5, 0.6) is 0 Å². The number of alkyl halides is 3. The second-order valence-electron chi connectivity index (χ2n) is 9.02. The third kappa shape index (κ3) is 6.28. The number of thiol groups is 1. The Morgan fingerprint density at radius 1 is 1.02 bits per heavy atom. The predicted molar refractivity (Wildman–Crippen MR) is 150 cm³/mol. The van der Waals surface area contributed by atoms with Crippen LogP contribution in [0.3, 0.4) is 0 Å². The SMILES string of the molecule is Cc1ccc(-c2cccc(-c3nn(-c4nc(C(=O)O)cs4)c(C(F)(F)F)c3Cc3ccc([SH+](N)=O)cc3)c2)cc1.[OH-]. The van der Waals surface area contributed by atoms with Crippen molar-refractivity contribution in [3.8, 4) is 27.5 Å². The first kappa shape index (κ1) is 29.8. The molecule has 5 aromatic rings. The number of nitrogens with zero attached hydrogens (tertiary/aromatic N) is 3. The van der Waals surface area contributed by atoms with Crippen molar-refractivity contribution in [2.24, 2.45) is 5.14 Å². The van der Waals surface area contributed by atoms with Crippen molar-refractivity contribution in [3.05, 3.63) is 106 Å². The molecule has 4 N–H and O–H groups in total. The number of carbonyl (C=O) groups is 1. The summed E-state index contributed by atoms with van der Waals surface area (Å²) in [5.74, 6) is -1.35. The molecule has 0 fully saturated rings. The van der Waals surface area contributed by atoms with Gasteiger partial charge in [-0.3, -0.25) is 0 Å². The van der Waals surface area contributed by atoms with Crippen LogP contribution in [0.1, 0.15) is 32.9 Å². The van der Waals surface area contributed by atoms with E-state index in [1.165, 1.54) is 17.5 Å². The number of rotatable bonds is 7. The van der Waals surface area contributed by atoms with Gasteiger partial charge in [0.1, 0.15) is 0 Å². The Labute approximate surface area is 238 Å². The van der Waals surface area contributed by atoms with E-state index in [0.717, 1.165) is 28.0 Å². The van der Waals surface area contributed by atoms with E-state index in [2.05, 4.69) is 10.1 Å². The highest BCUT2D eigenvalue weighted by atomic mass is 32.2. The molecular formula is C28H23F3N4O4S2. The Bertz CT molecular complexity index is 1730. The zero-order chi connectivity index (χ0) is 28.6. The van der Waals surface area contributed by atoms with E-state index >= 15 is 0 Å². The van der Waals surface area contributed by atoms with Crippen molar-refractivity contribution in [2.45, 2.75) is 24.4 Å². The van der Waals surface area contributed by atoms with E-state index in [0.29, 0.717) is 20.7 Å². The molecule has 1 atom stereocenters. The van der Waals surface area contributed by atoms with Gasteiger partial charge in [-0.25, -0.2) is 14.5 Å². The number of aryl methyl sites for hydroxylation is 1. The topological polar surface area (TPSA) is 141 Å². The van der Waals surface area contributed by atoms with Crippen LogP contribution in [0, 0.1) is 6.92 Å². The minimum atomic E-state index is -4.84. The van der Waals surface area contributed by atoms with Crippen LogP contribution in [0.25, 0.3) is 27.5 Å². The highest BCUT2D eigenvalue weighted by molar-refractivity contribution is 7.82. The maximum atomic E-state index is 14.7. The van der Waals surface area contributed by atoms with E-state index in [-0.39, 0.29) is 34.0 Å². The first-order chi connectivity index (χ1) is 19.0. The fourth-order valence-corrected chi connectivity index (χ4v) is 5.49. The van der Waals surface area contributed by atoms with Crippen molar-refractivity contribution < 1.29 is 32.8 Å². The third-order valence-corrected chi connectivity index (χ3v) is 7.86. The molecule has 0 aliphatic heterocycles. The molecule has 2 heterocycles. The Hall–Kier alpha value is -4.17. The molecule has 0 amide bonds. The minimum absolute atomic E-state index is 0. The van der Waals surface area contributed by atoms with E-state index in [9.17, 15) is 27.3 Å². The van der Waals surface area contributed by atoms with Gasteiger partial charge in [-0.1, -0.05) is 64.4 Å². The maximum absolute atomic E-state index is 14.7. The fourth-order valence-electron chi connectivity index (χ4n) is 4.30. The summed E-state index contributed by atoms with van der Waals surface area (Å²) in [4.78, 5) is 15.7. The fraction of sp³-hybridized carbons (Fsp3) is 0.107. The Kier molecular flexibility index (Phi) is 8.54. The van der Waals surface area contributed by atoms with Crippen LogP contribution >= 0.6 is 11.3 Å². The lowest BCUT2D eigenvalue weighted by Crippen LogP contribution is -2.16. The van der Waals surface area contributed by atoms with Gasteiger partial charge in [0, 0.05) is 22.9 Å². The lowest BCUT2D eigenvalue weighted by atomic mass is 9.96. The van der Waals surface area contributed by atoms with Gasteiger partial charge in [0.25, 0.3) is 0 Å². The number of aromatic carboxylic acids is 1. The van der Waals surface area contributed by atoms with Crippen molar-refractivity contribution in [2.75, 3.05) is 0 Å². The molecule has 0 aliphatic carbocycles. The summed E-state index contributed by atoms with van der Waals surface area (Å²) in [6.07, 6.45) is -5.00. The molecule has 3 aromatic carbocycles. The highest BCUT2D eigenvalue weighted by Gasteiger charge is 2.41. The summed E-state index contributed by atoms with van der Waals surface area (Å²) < 4.78 is 56.4. The lowest BCUT2D eigenvalue weighted by molar-refractivity contribution is -0.143. The Balaban J connectivity index is 0.00000387. The average molecular weight is 601 g/mol. The van der Waals surface area contributed by atoms with Gasteiger partial charge in [-0.2, -0.15) is 18.3 Å². The van der Waals surface area contributed by atoms with E-state index in [1.807, 2.05) is 37.3 Å². The molecule has 2 aromatic heterocycles. The average Bonchev–Trinajstić information content (AvgIpc) is 3.55.